The first kappa shape index (κ1) is 9.46. The molecule has 64 valence electrons. The molecule has 0 fully saturated rings. The molecule has 0 aliphatic carbocycles. The molecule has 1 aliphatic rings. The van der Waals surface area contributed by atoms with E-state index >= 15 is 0 Å². The van der Waals surface area contributed by atoms with Crippen LogP contribution < -0.4 is 0 Å². The van der Waals surface area contributed by atoms with Gasteiger partial charge in [0.1, 0.15) is 5.60 Å². The van der Waals surface area contributed by atoms with E-state index in [1.165, 1.54) is 5.82 Å². The Morgan fingerprint density at radius 2 is 2.45 bits per heavy atom. The highest BCUT2D eigenvalue weighted by Gasteiger charge is 2.41. The first-order valence-electron chi connectivity index (χ1n) is 3.32. The van der Waals surface area contributed by atoms with Gasteiger partial charge in [-0.05, 0) is 13.3 Å². The summed E-state index contributed by atoms with van der Waals surface area (Å²) in [6, 6.07) is 0. The molecule has 1 N–H and O–H groups in total. The third-order valence-electron chi connectivity index (χ3n) is 1.79. The smallest absolute Gasteiger partial charge is 0.321 e. The summed E-state index contributed by atoms with van der Waals surface area (Å²) < 4.78 is 16.7. The first-order valence-corrected chi connectivity index (χ1v) is 5.76. The molecule has 5 heteroatoms. The van der Waals surface area contributed by atoms with Crippen LogP contribution in [0.3, 0.4) is 0 Å². The molecule has 2 unspecified atom stereocenters. The number of rotatable bonds is 1. The molecule has 1 heterocycles. The maximum atomic E-state index is 11.0. The van der Waals surface area contributed by atoms with E-state index in [4.69, 9.17) is 9.42 Å². The maximum Gasteiger partial charge on any atom is 0.353 e. The maximum absolute atomic E-state index is 11.0. The van der Waals surface area contributed by atoms with Gasteiger partial charge in [0, 0.05) is 10.3 Å². The van der Waals surface area contributed by atoms with Crippen molar-refractivity contribution in [2.45, 2.75) is 25.9 Å². The van der Waals surface area contributed by atoms with Gasteiger partial charge in [-0.3, -0.25) is 9.09 Å². The van der Waals surface area contributed by atoms with Crippen LogP contribution in [0.1, 0.15) is 20.3 Å². The Labute approximate surface area is 74.1 Å². The molecule has 0 radical (unpaired) electrons. The minimum Gasteiger partial charge on any atom is -0.321 e. The molecular formula is C6H10BrO3P. The Hall–Kier alpha value is 0.370. The first-order chi connectivity index (χ1) is 4.90. The van der Waals surface area contributed by atoms with Crippen molar-refractivity contribution < 1.29 is 14.0 Å². The predicted octanol–water partition coefficient (Wildman–Crippen LogP) is 2.61. The summed E-state index contributed by atoms with van der Waals surface area (Å²) in [6.07, 6.45) is 0.675. The average molecular weight is 241 g/mol. The summed E-state index contributed by atoms with van der Waals surface area (Å²) in [6.45, 7) is 3.68. The highest BCUT2D eigenvalue weighted by molar-refractivity contribution is 9.11. The van der Waals surface area contributed by atoms with Crippen LogP contribution in [0, 0.1) is 0 Å². The molecular weight excluding hydrogens is 231 g/mol. The molecule has 0 saturated heterocycles. The average Bonchev–Trinajstić information content (AvgIpc) is 2.03. The van der Waals surface area contributed by atoms with E-state index in [0.717, 1.165) is 0 Å². The Balaban J connectivity index is 2.97. The van der Waals surface area contributed by atoms with Crippen molar-refractivity contribution in [3.8, 4) is 0 Å². The zero-order valence-electron chi connectivity index (χ0n) is 6.37. The summed E-state index contributed by atoms with van der Waals surface area (Å²) in [5, 5.41) is 0. The van der Waals surface area contributed by atoms with E-state index in [0.29, 0.717) is 10.9 Å². The molecule has 1 aliphatic heterocycles. The van der Waals surface area contributed by atoms with Crippen molar-refractivity contribution in [2.24, 2.45) is 0 Å². The van der Waals surface area contributed by atoms with Crippen LogP contribution in [0.2, 0.25) is 0 Å². The van der Waals surface area contributed by atoms with Gasteiger partial charge in [-0.25, -0.2) is 0 Å². The molecule has 2 atom stereocenters. The largest absolute Gasteiger partial charge is 0.353 e. The van der Waals surface area contributed by atoms with Crippen molar-refractivity contribution in [1.29, 1.82) is 0 Å². The Morgan fingerprint density at radius 3 is 2.64 bits per heavy atom. The fraction of sp³-hybridized carbons (Fsp3) is 0.667. The van der Waals surface area contributed by atoms with Crippen LogP contribution in [0.15, 0.2) is 10.3 Å². The molecule has 0 bridgehead atoms. The van der Waals surface area contributed by atoms with Crippen LogP contribution in [0.25, 0.3) is 0 Å². The Morgan fingerprint density at radius 1 is 1.91 bits per heavy atom. The van der Waals surface area contributed by atoms with Crippen LogP contribution in [0.4, 0.5) is 0 Å². The van der Waals surface area contributed by atoms with Crippen LogP contribution >= 0.6 is 23.5 Å². The fourth-order valence-electron chi connectivity index (χ4n) is 0.872. The van der Waals surface area contributed by atoms with Gasteiger partial charge in [0.25, 0.3) is 0 Å². The zero-order chi connectivity index (χ0) is 8.70. The molecule has 0 spiro atoms. The lowest BCUT2D eigenvalue weighted by atomic mass is 10.1. The topological polar surface area (TPSA) is 46.5 Å². The monoisotopic (exact) mass is 240 g/mol. The van der Waals surface area contributed by atoms with E-state index in [1.54, 1.807) is 6.92 Å². The Bertz CT molecular complexity index is 250. The molecule has 11 heavy (non-hydrogen) atoms. The summed E-state index contributed by atoms with van der Waals surface area (Å²) in [5.41, 5.74) is -0.607. The van der Waals surface area contributed by atoms with Gasteiger partial charge in [0.05, 0.1) is 0 Å². The zero-order valence-corrected chi connectivity index (χ0v) is 8.85. The molecule has 0 aromatic carbocycles. The lowest BCUT2D eigenvalue weighted by Crippen LogP contribution is -2.22. The highest BCUT2D eigenvalue weighted by Crippen LogP contribution is 2.59. The molecule has 0 aromatic heterocycles. The van der Waals surface area contributed by atoms with E-state index in [-0.39, 0.29) is 0 Å². The van der Waals surface area contributed by atoms with Gasteiger partial charge >= 0.3 is 7.60 Å². The van der Waals surface area contributed by atoms with Gasteiger partial charge < -0.3 is 4.89 Å². The second-order valence-electron chi connectivity index (χ2n) is 2.72. The van der Waals surface area contributed by atoms with E-state index in [2.05, 4.69) is 15.9 Å². The summed E-state index contributed by atoms with van der Waals surface area (Å²) in [4.78, 5) is 9.06. The highest BCUT2D eigenvalue weighted by atomic mass is 79.9. The number of halogens is 1. The van der Waals surface area contributed by atoms with Crippen LogP contribution in [-0.2, 0) is 9.09 Å². The third kappa shape index (κ3) is 1.75. The quantitative estimate of drug-likeness (QED) is 0.717. The molecule has 1 rings (SSSR count). The Kier molecular flexibility index (Phi) is 2.32. The van der Waals surface area contributed by atoms with Crippen molar-refractivity contribution >= 4 is 23.5 Å². The normalized spacial score (nSPS) is 44.2. The second kappa shape index (κ2) is 2.70. The van der Waals surface area contributed by atoms with Crippen molar-refractivity contribution in [3.63, 3.8) is 0 Å². The van der Waals surface area contributed by atoms with Crippen molar-refractivity contribution in [3.05, 3.63) is 10.3 Å². The molecule has 0 aromatic rings. The SMILES string of the molecule is CCC1(C)OP(=O)(O)C=C1Br. The lowest BCUT2D eigenvalue weighted by Gasteiger charge is -2.22. The van der Waals surface area contributed by atoms with Crippen LogP contribution in [0.5, 0.6) is 0 Å². The molecule has 3 nitrogen and oxygen atoms in total. The lowest BCUT2D eigenvalue weighted by molar-refractivity contribution is 0.129. The summed E-state index contributed by atoms with van der Waals surface area (Å²) in [7, 11) is -3.45. The number of hydrogen-bond acceptors (Lipinski definition) is 2. The van der Waals surface area contributed by atoms with Crippen molar-refractivity contribution in [1.82, 2.24) is 0 Å². The van der Waals surface area contributed by atoms with Gasteiger partial charge in [-0.15, -0.1) is 0 Å². The molecule has 0 amide bonds. The van der Waals surface area contributed by atoms with Gasteiger partial charge in [-0.2, -0.15) is 0 Å². The second-order valence-corrected chi connectivity index (χ2v) is 5.14. The fourth-order valence-corrected chi connectivity index (χ4v) is 3.55. The van der Waals surface area contributed by atoms with Gasteiger partial charge in [0.15, 0.2) is 0 Å². The van der Waals surface area contributed by atoms with Crippen LogP contribution in [-0.4, -0.2) is 10.5 Å². The molecule has 0 saturated carbocycles. The van der Waals surface area contributed by atoms with E-state index in [1.807, 2.05) is 6.92 Å². The van der Waals surface area contributed by atoms with E-state index < -0.39 is 13.2 Å². The minimum atomic E-state index is -3.45. The van der Waals surface area contributed by atoms with Gasteiger partial charge in [-0.1, -0.05) is 22.9 Å². The predicted molar refractivity (Wildman–Crippen MR) is 46.6 cm³/mol. The standard InChI is InChI=1S/C6H10BrO3P/c1-3-6(2)5(7)4-11(8,9)10-6/h4H,3H2,1-2H3,(H,8,9). The summed E-state index contributed by atoms with van der Waals surface area (Å²) >= 11 is 3.20. The summed E-state index contributed by atoms with van der Waals surface area (Å²) in [5.74, 6) is 1.25. The third-order valence-corrected chi connectivity index (χ3v) is 4.46. The number of hydrogen-bond donors (Lipinski definition) is 1. The minimum absolute atomic E-state index is 0.607. The van der Waals surface area contributed by atoms with Crippen molar-refractivity contribution in [2.75, 3.05) is 0 Å². The van der Waals surface area contributed by atoms with Gasteiger partial charge in [0.2, 0.25) is 0 Å². The van der Waals surface area contributed by atoms with E-state index in [9.17, 15) is 4.57 Å².